The predicted molar refractivity (Wildman–Crippen MR) is 124 cm³/mol. The van der Waals surface area contributed by atoms with E-state index < -0.39 is 6.03 Å². The number of carbonyl (C=O) groups excluding carboxylic acids is 1. The molecule has 0 atom stereocenters. The lowest BCUT2D eigenvalue weighted by Gasteiger charge is -2.10. The van der Waals surface area contributed by atoms with E-state index in [0.29, 0.717) is 33.5 Å². The Kier molecular flexibility index (Phi) is 5.77. The average Bonchev–Trinajstić information content (AvgIpc) is 3.11. The molecule has 156 valence electrons. The molecule has 0 aliphatic carbocycles. The number of hydrogen-bond acceptors (Lipinski definition) is 4. The van der Waals surface area contributed by atoms with Crippen LogP contribution in [0.1, 0.15) is 0 Å². The first kappa shape index (κ1) is 20.3. The van der Waals surface area contributed by atoms with Crippen molar-refractivity contribution in [3.05, 3.63) is 83.9 Å². The standard InChI is InChI=1S/C23H20ClN5O2/c1-31-17-13-11-16(12-14-17)26-23(30)27-21-20(15-7-3-2-4-8-15)28-29(22(21)25)19-10-6-5-9-18(19)24/h2-14H,25H2,1H3,(H2,26,27,30). The van der Waals surface area contributed by atoms with Crippen LogP contribution in [0.5, 0.6) is 5.75 Å². The highest BCUT2D eigenvalue weighted by Crippen LogP contribution is 2.35. The molecule has 0 aliphatic rings. The first-order valence-electron chi connectivity index (χ1n) is 9.47. The Hall–Kier alpha value is -3.97. The summed E-state index contributed by atoms with van der Waals surface area (Å²) in [7, 11) is 1.58. The number of amides is 2. The molecule has 0 fully saturated rings. The Morgan fingerprint density at radius 1 is 0.968 bits per heavy atom. The number of aromatic nitrogens is 2. The van der Waals surface area contributed by atoms with E-state index in [2.05, 4.69) is 15.7 Å². The minimum atomic E-state index is -0.451. The Morgan fingerprint density at radius 3 is 2.32 bits per heavy atom. The summed E-state index contributed by atoms with van der Waals surface area (Å²) in [6.07, 6.45) is 0. The van der Waals surface area contributed by atoms with E-state index >= 15 is 0 Å². The maximum atomic E-state index is 12.7. The number of benzene rings is 3. The van der Waals surface area contributed by atoms with Crippen LogP contribution in [-0.2, 0) is 0 Å². The Bertz CT molecular complexity index is 1210. The number of nitrogens with one attached hydrogen (secondary N) is 2. The van der Waals surface area contributed by atoms with Crippen molar-refractivity contribution in [2.75, 3.05) is 23.5 Å². The maximum absolute atomic E-state index is 12.7. The minimum Gasteiger partial charge on any atom is -0.497 e. The third kappa shape index (κ3) is 4.31. The largest absolute Gasteiger partial charge is 0.497 e. The fraction of sp³-hybridized carbons (Fsp3) is 0.0435. The van der Waals surface area contributed by atoms with Crippen LogP contribution in [0.15, 0.2) is 78.9 Å². The summed E-state index contributed by atoms with van der Waals surface area (Å²) in [5.41, 5.74) is 9.35. The van der Waals surface area contributed by atoms with Gasteiger partial charge in [0.2, 0.25) is 0 Å². The highest BCUT2D eigenvalue weighted by Gasteiger charge is 2.21. The molecule has 0 saturated carbocycles. The molecule has 0 radical (unpaired) electrons. The van der Waals surface area contributed by atoms with Crippen molar-refractivity contribution in [3.8, 4) is 22.7 Å². The van der Waals surface area contributed by atoms with Gasteiger partial charge in [-0.05, 0) is 36.4 Å². The van der Waals surface area contributed by atoms with Crippen molar-refractivity contribution in [2.45, 2.75) is 0 Å². The quantitative estimate of drug-likeness (QED) is 0.391. The zero-order valence-corrected chi connectivity index (χ0v) is 17.4. The normalized spacial score (nSPS) is 10.5. The number of ether oxygens (including phenoxy) is 1. The number of methoxy groups -OCH3 is 1. The van der Waals surface area contributed by atoms with Crippen molar-refractivity contribution in [1.29, 1.82) is 0 Å². The molecular formula is C23H20ClN5O2. The van der Waals surface area contributed by atoms with Crippen LogP contribution < -0.4 is 21.1 Å². The molecule has 1 heterocycles. The number of hydrogen-bond donors (Lipinski definition) is 3. The van der Waals surface area contributed by atoms with Crippen LogP contribution in [0.2, 0.25) is 5.02 Å². The molecule has 0 aliphatic heterocycles. The van der Waals surface area contributed by atoms with Crippen LogP contribution in [0.4, 0.5) is 22.0 Å². The van der Waals surface area contributed by atoms with Gasteiger partial charge in [0, 0.05) is 11.3 Å². The van der Waals surface area contributed by atoms with E-state index in [0.717, 1.165) is 5.56 Å². The second kappa shape index (κ2) is 8.81. The van der Waals surface area contributed by atoms with Crippen molar-refractivity contribution in [1.82, 2.24) is 9.78 Å². The van der Waals surface area contributed by atoms with Gasteiger partial charge in [-0.15, -0.1) is 0 Å². The van der Waals surface area contributed by atoms with Crippen LogP contribution in [0, 0.1) is 0 Å². The van der Waals surface area contributed by atoms with E-state index in [-0.39, 0.29) is 5.82 Å². The Balaban J connectivity index is 1.69. The van der Waals surface area contributed by atoms with E-state index in [1.165, 1.54) is 4.68 Å². The van der Waals surface area contributed by atoms with Gasteiger partial charge in [-0.25, -0.2) is 9.48 Å². The monoisotopic (exact) mass is 433 g/mol. The summed E-state index contributed by atoms with van der Waals surface area (Å²) in [5.74, 6) is 0.958. The van der Waals surface area contributed by atoms with Crippen LogP contribution in [0.25, 0.3) is 16.9 Å². The zero-order chi connectivity index (χ0) is 21.8. The summed E-state index contributed by atoms with van der Waals surface area (Å²) >= 11 is 6.35. The molecule has 4 N–H and O–H groups in total. The summed E-state index contributed by atoms with van der Waals surface area (Å²) in [5, 5.41) is 10.7. The van der Waals surface area contributed by atoms with Gasteiger partial charge < -0.3 is 21.1 Å². The number of nitrogen functional groups attached to an aromatic ring is 1. The molecule has 0 unspecified atom stereocenters. The highest BCUT2D eigenvalue weighted by molar-refractivity contribution is 6.32. The molecule has 4 aromatic rings. The predicted octanol–water partition coefficient (Wildman–Crippen LogP) is 5.43. The van der Waals surface area contributed by atoms with E-state index in [4.69, 9.17) is 22.1 Å². The fourth-order valence-corrected chi connectivity index (χ4v) is 3.33. The van der Waals surface area contributed by atoms with Gasteiger partial charge in [-0.2, -0.15) is 5.10 Å². The summed E-state index contributed by atoms with van der Waals surface area (Å²) in [4.78, 5) is 12.7. The molecule has 3 aromatic carbocycles. The first-order valence-corrected chi connectivity index (χ1v) is 9.85. The van der Waals surface area contributed by atoms with Gasteiger partial charge in [-0.3, -0.25) is 0 Å². The molecular weight excluding hydrogens is 414 g/mol. The number of halogens is 1. The van der Waals surface area contributed by atoms with Gasteiger partial charge in [0.05, 0.1) is 17.8 Å². The molecule has 8 heteroatoms. The summed E-state index contributed by atoms with van der Waals surface area (Å²) < 4.78 is 6.66. The molecule has 31 heavy (non-hydrogen) atoms. The lowest BCUT2D eigenvalue weighted by molar-refractivity contribution is 0.262. The minimum absolute atomic E-state index is 0.261. The second-order valence-corrected chi connectivity index (χ2v) is 7.05. The average molecular weight is 434 g/mol. The number of nitrogens with zero attached hydrogens (tertiary/aromatic N) is 2. The van der Waals surface area contributed by atoms with Crippen molar-refractivity contribution >= 4 is 34.8 Å². The maximum Gasteiger partial charge on any atom is 0.323 e. The molecule has 0 bridgehead atoms. The van der Waals surface area contributed by atoms with Crippen molar-refractivity contribution in [3.63, 3.8) is 0 Å². The highest BCUT2D eigenvalue weighted by atomic mass is 35.5. The van der Waals surface area contributed by atoms with Gasteiger partial charge in [0.15, 0.2) is 5.82 Å². The molecule has 1 aromatic heterocycles. The fourth-order valence-electron chi connectivity index (χ4n) is 3.11. The number of rotatable bonds is 5. The summed E-state index contributed by atoms with van der Waals surface area (Å²) in [6, 6.07) is 23.3. The number of para-hydroxylation sites is 1. The number of carbonyl (C=O) groups is 1. The summed E-state index contributed by atoms with van der Waals surface area (Å²) in [6.45, 7) is 0. The van der Waals surface area contributed by atoms with Crippen LogP contribution in [-0.4, -0.2) is 22.9 Å². The topological polar surface area (TPSA) is 94.2 Å². The van der Waals surface area contributed by atoms with Crippen LogP contribution in [0.3, 0.4) is 0 Å². The Morgan fingerprint density at radius 2 is 1.65 bits per heavy atom. The van der Waals surface area contributed by atoms with Gasteiger partial charge >= 0.3 is 6.03 Å². The zero-order valence-electron chi connectivity index (χ0n) is 16.7. The molecule has 0 spiro atoms. The molecule has 7 nitrogen and oxygen atoms in total. The van der Waals surface area contributed by atoms with E-state index in [9.17, 15) is 4.79 Å². The van der Waals surface area contributed by atoms with Crippen molar-refractivity contribution in [2.24, 2.45) is 0 Å². The van der Waals surface area contributed by atoms with Gasteiger partial charge in [-0.1, -0.05) is 54.1 Å². The lowest BCUT2D eigenvalue weighted by atomic mass is 10.1. The Labute approximate surface area is 184 Å². The van der Waals surface area contributed by atoms with Gasteiger partial charge in [0.25, 0.3) is 0 Å². The van der Waals surface area contributed by atoms with Crippen LogP contribution >= 0.6 is 11.6 Å². The smallest absolute Gasteiger partial charge is 0.323 e. The molecule has 4 rings (SSSR count). The van der Waals surface area contributed by atoms with Crippen molar-refractivity contribution < 1.29 is 9.53 Å². The number of nitrogens with two attached hydrogens (primary N) is 1. The molecule has 0 saturated heterocycles. The van der Waals surface area contributed by atoms with E-state index in [1.54, 1.807) is 37.4 Å². The third-order valence-electron chi connectivity index (χ3n) is 4.64. The molecule has 2 amide bonds. The number of anilines is 3. The second-order valence-electron chi connectivity index (χ2n) is 6.65. The van der Waals surface area contributed by atoms with E-state index in [1.807, 2.05) is 48.5 Å². The third-order valence-corrected chi connectivity index (χ3v) is 4.96. The SMILES string of the molecule is COc1ccc(NC(=O)Nc2c(-c3ccccc3)nn(-c3ccccc3Cl)c2N)cc1. The number of urea groups is 1. The lowest BCUT2D eigenvalue weighted by Crippen LogP contribution is -2.20. The van der Waals surface area contributed by atoms with Gasteiger partial charge in [0.1, 0.15) is 17.1 Å². The first-order chi connectivity index (χ1) is 15.1.